The van der Waals surface area contributed by atoms with Gasteiger partial charge in [-0.1, -0.05) is 35.3 Å². The normalized spacial score (nSPS) is 18.4. The largest absolute Gasteiger partial charge is 0.315 e. The van der Waals surface area contributed by atoms with E-state index in [9.17, 15) is 0 Å². The van der Waals surface area contributed by atoms with Crippen molar-refractivity contribution in [3.63, 3.8) is 0 Å². The van der Waals surface area contributed by atoms with E-state index in [1.54, 1.807) is 11.3 Å². The molecule has 1 N–H and O–H groups in total. The molecule has 1 atom stereocenters. The van der Waals surface area contributed by atoms with Crippen molar-refractivity contribution in [2.75, 3.05) is 26.2 Å². The Morgan fingerprint density at radius 1 is 1.00 bits per heavy atom. The number of rotatable bonds is 3. The standard InChI is InChI=1S/C16H18Cl2N2S/c17-13-4-2-12(3-5-13)16(14-6-7-15(18)21-14)20-10-1-8-19-9-11-20/h2-7,16,19H,1,8-11H2. The molecule has 1 aromatic carbocycles. The van der Waals surface area contributed by atoms with Crippen LogP contribution in [0.2, 0.25) is 9.36 Å². The molecule has 5 heteroatoms. The summed E-state index contributed by atoms with van der Waals surface area (Å²) in [6.45, 7) is 4.26. The highest BCUT2D eigenvalue weighted by Gasteiger charge is 2.24. The molecule has 3 rings (SSSR count). The first-order valence-electron chi connectivity index (χ1n) is 7.19. The van der Waals surface area contributed by atoms with E-state index in [-0.39, 0.29) is 6.04 Å². The lowest BCUT2D eigenvalue weighted by atomic mass is 10.0. The molecule has 2 aromatic rings. The van der Waals surface area contributed by atoms with Crippen molar-refractivity contribution < 1.29 is 0 Å². The molecule has 1 aliphatic rings. The third-order valence-electron chi connectivity index (χ3n) is 3.79. The summed E-state index contributed by atoms with van der Waals surface area (Å²) in [5.41, 5.74) is 1.28. The van der Waals surface area contributed by atoms with Crippen LogP contribution in [0.15, 0.2) is 36.4 Å². The summed E-state index contributed by atoms with van der Waals surface area (Å²) in [6, 6.07) is 12.6. The van der Waals surface area contributed by atoms with E-state index in [0.717, 1.165) is 35.5 Å². The van der Waals surface area contributed by atoms with Crippen molar-refractivity contribution in [2.45, 2.75) is 12.5 Å². The summed E-state index contributed by atoms with van der Waals surface area (Å²) < 4.78 is 0.844. The Hall–Kier alpha value is -0.580. The summed E-state index contributed by atoms with van der Waals surface area (Å²) in [4.78, 5) is 3.83. The number of nitrogens with one attached hydrogen (secondary N) is 1. The quantitative estimate of drug-likeness (QED) is 0.888. The first-order chi connectivity index (χ1) is 10.2. The van der Waals surface area contributed by atoms with E-state index in [1.165, 1.54) is 16.9 Å². The molecule has 2 nitrogen and oxygen atoms in total. The first kappa shape index (κ1) is 15.3. The van der Waals surface area contributed by atoms with Crippen molar-refractivity contribution in [2.24, 2.45) is 0 Å². The fourth-order valence-electron chi connectivity index (χ4n) is 2.80. The van der Waals surface area contributed by atoms with Gasteiger partial charge in [-0.2, -0.15) is 0 Å². The fourth-order valence-corrected chi connectivity index (χ4v) is 4.15. The molecular weight excluding hydrogens is 323 g/mol. The number of nitrogens with zero attached hydrogens (tertiary/aromatic N) is 1. The summed E-state index contributed by atoms with van der Waals surface area (Å²) >= 11 is 13.9. The Kier molecular flexibility index (Phi) is 5.19. The van der Waals surface area contributed by atoms with Crippen LogP contribution in [0.1, 0.15) is 22.9 Å². The molecule has 0 amide bonds. The van der Waals surface area contributed by atoms with Crippen LogP contribution in [-0.4, -0.2) is 31.1 Å². The average Bonchev–Trinajstić information content (AvgIpc) is 2.74. The van der Waals surface area contributed by atoms with E-state index >= 15 is 0 Å². The van der Waals surface area contributed by atoms with Gasteiger partial charge in [-0.05, 0) is 42.8 Å². The zero-order valence-electron chi connectivity index (χ0n) is 11.7. The summed E-state index contributed by atoms with van der Waals surface area (Å²) in [5.74, 6) is 0. The zero-order chi connectivity index (χ0) is 14.7. The minimum absolute atomic E-state index is 0.264. The summed E-state index contributed by atoms with van der Waals surface area (Å²) in [6.07, 6.45) is 1.17. The molecule has 0 spiro atoms. The van der Waals surface area contributed by atoms with Crippen molar-refractivity contribution in [1.29, 1.82) is 0 Å². The van der Waals surface area contributed by atoms with Gasteiger partial charge in [-0.15, -0.1) is 11.3 Å². The highest BCUT2D eigenvalue weighted by Crippen LogP contribution is 2.35. The van der Waals surface area contributed by atoms with E-state index in [4.69, 9.17) is 23.2 Å². The number of hydrogen-bond acceptors (Lipinski definition) is 3. The number of benzene rings is 1. The maximum atomic E-state index is 6.15. The average molecular weight is 341 g/mol. The minimum atomic E-state index is 0.264. The molecule has 1 saturated heterocycles. The second-order valence-electron chi connectivity index (χ2n) is 5.24. The Balaban J connectivity index is 1.95. The highest BCUT2D eigenvalue weighted by atomic mass is 35.5. The third-order valence-corrected chi connectivity index (χ3v) is 5.32. The molecule has 1 aliphatic heterocycles. The van der Waals surface area contributed by atoms with Crippen LogP contribution in [0, 0.1) is 0 Å². The molecular formula is C16H18Cl2N2S. The van der Waals surface area contributed by atoms with Gasteiger partial charge in [0.2, 0.25) is 0 Å². The van der Waals surface area contributed by atoms with Gasteiger partial charge in [-0.3, -0.25) is 4.90 Å². The van der Waals surface area contributed by atoms with E-state index in [1.807, 2.05) is 18.2 Å². The van der Waals surface area contributed by atoms with Gasteiger partial charge in [0.1, 0.15) is 0 Å². The first-order valence-corrected chi connectivity index (χ1v) is 8.77. The van der Waals surface area contributed by atoms with Crippen molar-refractivity contribution >= 4 is 34.5 Å². The molecule has 112 valence electrons. The third kappa shape index (κ3) is 3.79. The molecule has 0 bridgehead atoms. The maximum Gasteiger partial charge on any atom is 0.0931 e. The Bertz CT molecular complexity index is 574. The van der Waals surface area contributed by atoms with Gasteiger partial charge >= 0.3 is 0 Å². The molecule has 0 saturated carbocycles. The molecule has 0 radical (unpaired) electrons. The van der Waals surface area contributed by atoms with Crippen LogP contribution in [0.25, 0.3) is 0 Å². The summed E-state index contributed by atoms with van der Waals surface area (Å²) in [5, 5.41) is 4.24. The van der Waals surface area contributed by atoms with Crippen LogP contribution in [0.5, 0.6) is 0 Å². The van der Waals surface area contributed by atoms with Crippen LogP contribution in [0.4, 0.5) is 0 Å². The number of thiophene rings is 1. The van der Waals surface area contributed by atoms with Crippen LogP contribution in [0.3, 0.4) is 0 Å². The van der Waals surface area contributed by atoms with Crippen molar-refractivity contribution in [3.05, 3.63) is 56.2 Å². The van der Waals surface area contributed by atoms with Crippen molar-refractivity contribution in [3.8, 4) is 0 Å². The Morgan fingerprint density at radius 3 is 2.52 bits per heavy atom. The maximum absolute atomic E-state index is 6.15. The van der Waals surface area contributed by atoms with Crippen LogP contribution >= 0.6 is 34.5 Å². The Labute approximate surface area is 139 Å². The zero-order valence-corrected chi connectivity index (χ0v) is 14.0. The number of halogens is 2. The lowest BCUT2D eigenvalue weighted by Crippen LogP contribution is -2.32. The topological polar surface area (TPSA) is 15.3 Å². The van der Waals surface area contributed by atoms with E-state index < -0.39 is 0 Å². The van der Waals surface area contributed by atoms with Gasteiger partial charge in [0.05, 0.1) is 10.4 Å². The summed E-state index contributed by atoms with van der Waals surface area (Å²) in [7, 11) is 0. The van der Waals surface area contributed by atoms with Gasteiger partial charge in [0.25, 0.3) is 0 Å². The fraction of sp³-hybridized carbons (Fsp3) is 0.375. The molecule has 21 heavy (non-hydrogen) atoms. The monoisotopic (exact) mass is 340 g/mol. The Morgan fingerprint density at radius 2 is 1.81 bits per heavy atom. The predicted molar refractivity (Wildman–Crippen MR) is 91.7 cm³/mol. The van der Waals surface area contributed by atoms with Gasteiger partial charge < -0.3 is 5.32 Å². The van der Waals surface area contributed by atoms with E-state index in [0.29, 0.717) is 0 Å². The second-order valence-corrected chi connectivity index (χ2v) is 7.42. The van der Waals surface area contributed by atoms with Crippen LogP contribution < -0.4 is 5.32 Å². The molecule has 0 aliphatic carbocycles. The number of hydrogen-bond donors (Lipinski definition) is 1. The highest BCUT2D eigenvalue weighted by molar-refractivity contribution is 7.16. The molecule has 2 heterocycles. The van der Waals surface area contributed by atoms with Gasteiger partial charge in [-0.25, -0.2) is 0 Å². The molecule has 1 fully saturated rings. The van der Waals surface area contributed by atoms with E-state index in [2.05, 4.69) is 28.4 Å². The predicted octanol–water partition coefficient (Wildman–Crippen LogP) is 4.44. The van der Waals surface area contributed by atoms with Gasteiger partial charge in [0.15, 0.2) is 0 Å². The second kappa shape index (κ2) is 7.12. The lowest BCUT2D eigenvalue weighted by molar-refractivity contribution is 0.244. The molecule has 1 unspecified atom stereocenters. The van der Waals surface area contributed by atoms with Crippen molar-refractivity contribution in [1.82, 2.24) is 10.2 Å². The molecule has 1 aromatic heterocycles. The SMILES string of the molecule is Clc1ccc(C(c2ccc(Cl)s2)N2CCCNCC2)cc1. The lowest BCUT2D eigenvalue weighted by Gasteiger charge is -2.30. The minimum Gasteiger partial charge on any atom is -0.315 e. The van der Waals surface area contributed by atoms with Crippen LogP contribution in [-0.2, 0) is 0 Å². The van der Waals surface area contributed by atoms with Gasteiger partial charge in [0, 0.05) is 29.5 Å². The smallest absolute Gasteiger partial charge is 0.0931 e.